The van der Waals surface area contributed by atoms with E-state index in [0.717, 1.165) is 49.7 Å². The molecular formula is C28H28N2O5S2. The Bertz CT molecular complexity index is 1640. The number of sulfonamides is 1. The molecule has 2 aliphatic carbocycles. The van der Waals surface area contributed by atoms with Crippen molar-refractivity contribution >= 4 is 38.1 Å². The Morgan fingerprint density at radius 1 is 1.05 bits per heavy atom. The number of hydrogen-bond donors (Lipinski definition) is 2. The Morgan fingerprint density at radius 3 is 2.65 bits per heavy atom. The summed E-state index contributed by atoms with van der Waals surface area (Å²) in [4.78, 5) is 13.4. The normalized spacial score (nSPS) is 17.1. The highest BCUT2D eigenvalue weighted by Crippen LogP contribution is 2.49. The van der Waals surface area contributed by atoms with Gasteiger partial charge in [-0.1, -0.05) is 31.0 Å². The maximum atomic E-state index is 13.3. The van der Waals surface area contributed by atoms with Gasteiger partial charge in [-0.15, -0.1) is 0 Å². The lowest BCUT2D eigenvalue weighted by Crippen LogP contribution is -2.19. The Labute approximate surface area is 219 Å². The molecule has 0 radical (unpaired) electrons. The summed E-state index contributed by atoms with van der Waals surface area (Å²) < 4.78 is 39.3. The van der Waals surface area contributed by atoms with Gasteiger partial charge >= 0.3 is 5.63 Å². The summed E-state index contributed by atoms with van der Waals surface area (Å²) in [5.74, 6) is 0.505. The highest BCUT2D eigenvalue weighted by molar-refractivity contribution is 7.93. The van der Waals surface area contributed by atoms with Crippen LogP contribution in [-0.2, 0) is 22.9 Å². The average molecular weight is 537 g/mol. The molecule has 0 bridgehead atoms. The van der Waals surface area contributed by atoms with Crippen LogP contribution in [0.15, 0.2) is 62.0 Å². The van der Waals surface area contributed by atoms with Crippen LogP contribution in [0.1, 0.15) is 66.9 Å². The summed E-state index contributed by atoms with van der Waals surface area (Å²) in [6.07, 6.45) is 7.30. The first-order valence-electron chi connectivity index (χ1n) is 12.8. The summed E-state index contributed by atoms with van der Waals surface area (Å²) in [7, 11) is -3.87. The number of aryl methyl sites for hydroxylation is 1. The van der Waals surface area contributed by atoms with E-state index in [2.05, 4.69) is 9.10 Å². The van der Waals surface area contributed by atoms with E-state index in [9.17, 15) is 18.3 Å². The zero-order chi connectivity index (χ0) is 25.6. The molecular weight excluding hydrogens is 508 g/mol. The van der Waals surface area contributed by atoms with Crippen molar-refractivity contribution in [2.75, 3.05) is 4.72 Å². The Balaban J connectivity index is 1.38. The standard InChI is InChI=1S/C28H28N2O5S2/c31-27-20-9-3-1-2-4-11-23(20)35-28(32)26(27)25(17-13-14-17)18-7-5-8-19(15-18)30-37(33,34)24-12-6-10-22-21(24)16-36-29-22/h5-8,10,12,15-17,25,30-31H,1-4,9,11,13-14H2. The first-order chi connectivity index (χ1) is 17.9. The lowest BCUT2D eigenvalue weighted by atomic mass is 9.85. The van der Waals surface area contributed by atoms with Crippen LogP contribution in [0.2, 0.25) is 0 Å². The van der Waals surface area contributed by atoms with Crippen molar-refractivity contribution in [1.29, 1.82) is 0 Å². The fraction of sp³-hybridized carbons (Fsp3) is 0.357. The molecule has 0 amide bonds. The van der Waals surface area contributed by atoms with Gasteiger partial charge in [0, 0.05) is 34.4 Å². The Hall–Kier alpha value is -3.17. The second kappa shape index (κ2) is 9.61. The van der Waals surface area contributed by atoms with Crippen LogP contribution in [0.4, 0.5) is 5.69 Å². The fourth-order valence-corrected chi connectivity index (χ4v) is 7.52. The number of nitrogens with one attached hydrogen (secondary N) is 1. The number of anilines is 1. The van der Waals surface area contributed by atoms with Crippen LogP contribution in [0.3, 0.4) is 0 Å². The van der Waals surface area contributed by atoms with Crippen LogP contribution in [0.25, 0.3) is 10.9 Å². The van der Waals surface area contributed by atoms with Gasteiger partial charge in [0.1, 0.15) is 11.5 Å². The SMILES string of the molecule is O=c1oc2c(c(O)c1C(c1cccc(NS(=O)(=O)c3cccc4nscc34)c1)C1CC1)CCCCCC2. The van der Waals surface area contributed by atoms with Gasteiger partial charge < -0.3 is 9.52 Å². The highest BCUT2D eigenvalue weighted by atomic mass is 32.2. The van der Waals surface area contributed by atoms with E-state index in [1.165, 1.54) is 11.5 Å². The summed E-state index contributed by atoms with van der Waals surface area (Å²) in [6.45, 7) is 0. The highest BCUT2D eigenvalue weighted by Gasteiger charge is 2.38. The van der Waals surface area contributed by atoms with Crippen LogP contribution in [-0.4, -0.2) is 17.9 Å². The van der Waals surface area contributed by atoms with E-state index in [1.54, 1.807) is 41.8 Å². The van der Waals surface area contributed by atoms with Crippen molar-refractivity contribution < 1.29 is 17.9 Å². The zero-order valence-electron chi connectivity index (χ0n) is 20.3. The van der Waals surface area contributed by atoms with Gasteiger partial charge in [0.2, 0.25) is 0 Å². The van der Waals surface area contributed by atoms with Crippen molar-refractivity contribution in [1.82, 2.24) is 4.37 Å². The summed E-state index contributed by atoms with van der Waals surface area (Å²) in [5.41, 5.74) is 2.39. The number of fused-ring (bicyclic) bond motifs is 2. The maximum absolute atomic E-state index is 13.3. The quantitative estimate of drug-likeness (QED) is 0.315. The molecule has 6 rings (SSSR count). The first kappa shape index (κ1) is 24.2. The molecule has 2 aromatic heterocycles. The van der Waals surface area contributed by atoms with E-state index in [0.29, 0.717) is 40.8 Å². The zero-order valence-corrected chi connectivity index (χ0v) is 21.9. The number of nitrogens with zero attached hydrogens (tertiary/aromatic N) is 1. The molecule has 2 aromatic carbocycles. The van der Waals surface area contributed by atoms with Crippen molar-refractivity contribution in [3.8, 4) is 5.75 Å². The van der Waals surface area contributed by atoms with Crippen LogP contribution < -0.4 is 10.3 Å². The van der Waals surface area contributed by atoms with Gasteiger partial charge in [-0.2, -0.15) is 4.37 Å². The number of rotatable bonds is 6. The molecule has 1 saturated carbocycles. The van der Waals surface area contributed by atoms with Crippen molar-refractivity contribution in [2.24, 2.45) is 5.92 Å². The number of aromatic nitrogens is 1. The lowest BCUT2D eigenvalue weighted by molar-refractivity contribution is 0.382. The Kier molecular flexibility index (Phi) is 6.28. The van der Waals surface area contributed by atoms with Crippen molar-refractivity contribution in [3.63, 3.8) is 0 Å². The molecule has 1 unspecified atom stereocenters. The molecule has 1 atom stereocenters. The number of aromatic hydroxyl groups is 1. The second-order valence-electron chi connectivity index (χ2n) is 10.0. The smallest absolute Gasteiger partial charge is 0.343 e. The van der Waals surface area contributed by atoms with Gasteiger partial charge in [-0.3, -0.25) is 4.72 Å². The predicted molar refractivity (Wildman–Crippen MR) is 144 cm³/mol. The van der Waals surface area contributed by atoms with E-state index in [1.807, 2.05) is 6.07 Å². The maximum Gasteiger partial charge on any atom is 0.343 e. The van der Waals surface area contributed by atoms with E-state index < -0.39 is 15.6 Å². The van der Waals surface area contributed by atoms with Gasteiger partial charge in [-0.05, 0) is 79.4 Å². The van der Waals surface area contributed by atoms with Crippen molar-refractivity contribution in [3.05, 3.63) is 80.7 Å². The van der Waals surface area contributed by atoms with Crippen LogP contribution in [0.5, 0.6) is 5.75 Å². The molecule has 9 heteroatoms. The summed E-state index contributed by atoms with van der Waals surface area (Å²) in [6, 6.07) is 12.2. The monoisotopic (exact) mass is 536 g/mol. The first-order valence-corrected chi connectivity index (χ1v) is 15.1. The molecule has 2 aliphatic rings. The van der Waals surface area contributed by atoms with E-state index in [-0.39, 0.29) is 22.5 Å². The minimum absolute atomic E-state index is 0.0627. The predicted octanol–water partition coefficient (Wildman–Crippen LogP) is 5.96. The van der Waals surface area contributed by atoms with Crippen LogP contribution in [0, 0.1) is 5.92 Å². The molecule has 0 spiro atoms. The molecule has 7 nitrogen and oxygen atoms in total. The van der Waals surface area contributed by atoms with E-state index in [4.69, 9.17) is 4.42 Å². The minimum Gasteiger partial charge on any atom is -0.507 e. The van der Waals surface area contributed by atoms with Gasteiger partial charge in [0.15, 0.2) is 0 Å². The molecule has 0 aliphatic heterocycles. The Morgan fingerprint density at radius 2 is 1.84 bits per heavy atom. The third-order valence-corrected chi connectivity index (χ3v) is 9.53. The largest absolute Gasteiger partial charge is 0.507 e. The summed E-state index contributed by atoms with van der Waals surface area (Å²) in [5, 5.41) is 13.7. The number of benzene rings is 2. The number of hydrogen-bond acceptors (Lipinski definition) is 7. The third-order valence-electron chi connectivity index (χ3n) is 7.45. The molecule has 2 heterocycles. The molecule has 4 aromatic rings. The molecule has 192 valence electrons. The van der Waals surface area contributed by atoms with Crippen LogP contribution >= 0.6 is 11.5 Å². The molecule has 37 heavy (non-hydrogen) atoms. The topological polar surface area (TPSA) is 109 Å². The third kappa shape index (κ3) is 4.66. The molecule has 2 N–H and O–H groups in total. The average Bonchev–Trinajstić information content (AvgIpc) is 3.57. The summed E-state index contributed by atoms with van der Waals surface area (Å²) >= 11 is 1.21. The minimum atomic E-state index is -3.87. The fourth-order valence-electron chi connectivity index (χ4n) is 5.51. The van der Waals surface area contributed by atoms with Gasteiger partial charge in [0.25, 0.3) is 10.0 Å². The molecule has 1 fully saturated rings. The molecule has 0 saturated heterocycles. The van der Waals surface area contributed by atoms with Gasteiger partial charge in [-0.25, -0.2) is 13.2 Å². The lowest BCUT2D eigenvalue weighted by Gasteiger charge is -2.22. The van der Waals surface area contributed by atoms with Crippen molar-refractivity contribution in [2.45, 2.75) is 62.2 Å². The second-order valence-corrected chi connectivity index (χ2v) is 12.3. The van der Waals surface area contributed by atoms with E-state index >= 15 is 0 Å². The van der Waals surface area contributed by atoms with Gasteiger partial charge in [0.05, 0.1) is 16.0 Å².